The maximum atomic E-state index is 14.0. The summed E-state index contributed by atoms with van der Waals surface area (Å²) in [6, 6.07) is 13.0. The Kier molecular flexibility index (Phi) is 3.08. The summed E-state index contributed by atoms with van der Waals surface area (Å²) in [5.41, 5.74) is 6.24. The summed E-state index contributed by atoms with van der Waals surface area (Å²) in [5, 5.41) is 0. The Balaban J connectivity index is 1.82. The van der Waals surface area contributed by atoms with E-state index in [1.54, 1.807) is 36.4 Å². The second-order valence-corrected chi connectivity index (χ2v) is 5.10. The lowest BCUT2D eigenvalue weighted by atomic mass is 10.0. The van der Waals surface area contributed by atoms with Gasteiger partial charge < -0.3 is 10.5 Å². The highest BCUT2D eigenvalue weighted by molar-refractivity contribution is 5.43. The van der Waals surface area contributed by atoms with E-state index in [9.17, 15) is 8.78 Å². The van der Waals surface area contributed by atoms with Crippen LogP contribution in [0.2, 0.25) is 0 Å². The molecule has 0 aromatic heterocycles. The maximum Gasteiger partial charge on any atom is 0.276 e. The highest BCUT2D eigenvalue weighted by Gasteiger charge is 2.47. The fraction of sp³-hybridized carbons (Fsp3) is 0.250. The number of nitrogen functional groups attached to an aromatic ring is 1. The van der Waals surface area contributed by atoms with Gasteiger partial charge in [0.2, 0.25) is 0 Å². The average molecular weight is 275 g/mol. The zero-order valence-electron chi connectivity index (χ0n) is 10.9. The molecule has 4 heteroatoms. The second kappa shape index (κ2) is 4.78. The molecule has 104 valence electrons. The minimum Gasteiger partial charge on any atom is -0.457 e. The van der Waals surface area contributed by atoms with Crippen LogP contribution in [0.4, 0.5) is 14.5 Å². The molecule has 2 aromatic rings. The van der Waals surface area contributed by atoms with E-state index in [1.807, 2.05) is 0 Å². The first-order chi connectivity index (χ1) is 9.55. The molecular formula is C16H15F2NO. The van der Waals surface area contributed by atoms with Gasteiger partial charge in [-0.05, 0) is 49.2 Å². The van der Waals surface area contributed by atoms with Gasteiger partial charge in [0.15, 0.2) is 0 Å². The number of ether oxygens (including phenoxy) is 1. The van der Waals surface area contributed by atoms with Crippen molar-refractivity contribution < 1.29 is 13.5 Å². The maximum absolute atomic E-state index is 14.0. The quantitative estimate of drug-likeness (QED) is 0.830. The van der Waals surface area contributed by atoms with Gasteiger partial charge in [-0.25, -0.2) is 8.78 Å². The molecule has 2 nitrogen and oxygen atoms in total. The molecule has 1 aliphatic carbocycles. The van der Waals surface area contributed by atoms with E-state index in [0.717, 1.165) is 0 Å². The largest absolute Gasteiger partial charge is 0.457 e. The van der Waals surface area contributed by atoms with Crippen LogP contribution < -0.4 is 10.5 Å². The summed E-state index contributed by atoms with van der Waals surface area (Å²) in [4.78, 5) is 0. The highest BCUT2D eigenvalue weighted by Crippen LogP contribution is 2.50. The number of hydrogen-bond acceptors (Lipinski definition) is 2. The smallest absolute Gasteiger partial charge is 0.276 e. The normalized spacial score (nSPS) is 15.1. The molecule has 0 atom stereocenters. The highest BCUT2D eigenvalue weighted by atomic mass is 19.3. The average Bonchev–Trinajstić information content (AvgIpc) is 3.27. The molecule has 1 saturated carbocycles. The molecule has 1 aliphatic rings. The first kappa shape index (κ1) is 12.9. The standard InChI is InChI=1S/C16H15F2NO/c17-16(18,11-4-5-11)12-2-1-3-15(10-12)20-14-8-6-13(19)7-9-14/h1-3,6-11H,4-5,19H2. The van der Waals surface area contributed by atoms with Gasteiger partial charge in [0.25, 0.3) is 5.92 Å². The predicted molar refractivity (Wildman–Crippen MR) is 74.0 cm³/mol. The van der Waals surface area contributed by atoms with Gasteiger partial charge in [-0.15, -0.1) is 0 Å². The van der Waals surface area contributed by atoms with Crippen molar-refractivity contribution in [3.8, 4) is 11.5 Å². The van der Waals surface area contributed by atoms with Crippen LogP contribution >= 0.6 is 0 Å². The van der Waals surface area contributed by atoms with Crippen LogP contribution in [0.3, 0.4) is 0 Å². The van der Waals surface area contributed by atoms with Crippen LogP contribution in [-0.4, -0.2) is 0 Å². The molecule has 0 amide bonds. The van der Waals surface area contributed by atoms with Crippen LogP contribution in [0.25, 0.3) is 0 Å². The molecule has 0 unspecified atom stereocenters. The van der Waals surface area contributed by atoms with Crippen molar-refractivity contribution in [1.29, 1.82) is 0 Å². The summed E-state index contributed by atoms with van der Waals surface area (Å²) in [6.45, 7) is 0. The second-order valence-electron chi connectivity index (χ2n) is 5.10. The molecule has 20 heavy (non-hydrogen) atoms. The third kappa shape index (κ3) is 2.59. The monoisotopic (exact) mass is 275 g/mol. The van der Waals surface area contributed by atoms with Gasteiger partial charge in [-0.3, -0.25) is 0 Å². The minimum absolute atomic E-state index is 0.0212. The summed E-state index contributed by atoms with van der Waals surface area (Å²) in [7, 11) is 0. The van der Waals surface area contributed by atoms with Crippen molar-refractivity contribution in [3.05, 3.63) is 54.1 Å². The van der Waals surface area contributed by atoms with E-state index in [1.165, 1.54) is 12.1 Å². The van der Waals surface area contributed by atoms with Crippen LogP contribution in [-0.2, 0) is 5.92 Å². The van der Waals surface area contributed by atoms with Gasteiger partial charge in [-0.2, -0.15) is 0 Å². The Labute approximate surface area is 116 Å². The fourth-order valence-electron chi connectivity index (χ4n) is 2.12. The van der Waals surface area contributed by atoms with Gasteiger partial charge in [0, 0.05) is 17.2 Å². The van der Waals surface area contributed by atoms with Crippen molar-refractivity contribution in [2.24, 2.45) is 5.92 Å². The fourth-order valence-corrected chi connectivity index (χ4v) is 2.12. The van der Waals surface area contributed by atoms with Gasteiger partial charge in [0.05, 0.1) is 0 Å². The Bertz CT molecular complexity index is 606. The third-order valence-corrected chi connectivity index (χ3v) is 3.42. The van der Waals surface area contributed by atoms with Crippen LogP contribution in [0.15, 0.2) is 48.5 Å². The summed E-state index contributed by atoms with van der Waals surface area (Å²) in [5.74, 6) is -2.30. The van der Waals surface area contributed by atoms with Crippen LogP contribution in [0.1, 0.15) is 18.4 Å². The zero-order valence-corrected chi connectivity index (χ0v) is 10.9. The van der Waals surface area contributed by atoms with Crippen molar-refractivity contribution in [1.82, 2.24) is 0 Å². The molecule has 3 rings (SSSR count). The lowest BCUT2D eigenvalue weighted by molar-refractivity contribution is -0.0286. The molecular weight excluding hydrogens is 260 g/mol. The number of rotatable bonds is 4. The van der Waals surface area contributed by atoms with E-state index >= 15 is 0 Å². The van der Waals surface area contributed by atoms with Crippen LogP contribution in [0, 0.1) is 5.92 Å². The van der Waals surface area contributed by atoms with Crippen molar-refractivity contribution in [3.63, 3.8) is 0 Å². The van der Waals surface area contributed by atoms with Crippen molar-refractivity contribution in [2.45, 2.75) is 18.8 Å². The molecule has 2 N–H and O–H groups in total. The Morgan fingerprint density at radius 3 is 2.35 bits per heavy atom. The molecule has 0 heterocycles. The molecule has 0 saturated heterocycles. The number of nitrogens with two attached hydrogens (primary N) is 1. The first-order valence-corrected chi connectivity index (χ1v) is 6.57. The Morgan fingerprint density at radius 2 is 1.70 bits per heavy atom. The van der Waals surface area contributed by atoms with Gasteiger partial charge in [0.1, 0.15) is 11.5 Å². The molecule has 0 bridgehead atoms. The number of hydrogen-bond donors (Lipinski definition) is 1. The van der Waals surface area contributed by atoms with Crippen LogP contribution in [0.5, 0.6) is 11.5 Å². The summed E-state index contributed by atoms with van der Waals surface area (Å²) < 4.78 is 33.7. The molecule has 0 aliphatic heterocycles. The summed E-state index contributed by atoms with van der Waals surface area (Å²) >= 11 is 0. The number of benzene rings is 2. The topological polar surface area (TPSA) is 35.2 Å². The van der Waals surface area contributed by atoms with Crippen molar-refractivity contribution >= 4 is 5.69 Å². The Hall–Kier alpha value is -2.10. The number of anilines is 1. The number of alkyl halides is 2. The van der Waals surface area contributed by atoms with Gasteiger partial charge >= 0.3 is 0 Å². The lowest BCUT2D eigenvalue weighted by Crippen LogP contribution is -2.15. The SMILES string of the molecule is Nc1ccc(Oc2cccc(C(F)(F)C3CC3)c2)cc1. The minimum atomic E-state index is -2.76. The zero-order chi connectivity index (χ0) is 14.2. The van der Waals surface area contributed by atoms with E-state index in [0.29, 0.717) is 30.0 Å². The third-order valence-electron chi connectivity index (χ3n) is 3.42. The van der Waals surface area contributed by atoms with E-state index in [2.05, 4.69) is 0 Å². The molecule has 1 fully saturated rings. The molecule has 0 radical (unpaired) electrons. The Morgan fingerprint density at radius 1 is 1.00 bits per heavy atom. The van der Waals surface area contributed by atoms with Gasteiger partial charge in [-0.1, -0.05) is 12.1 Å². The number of halogens is 2. The van der Waals surface area contributed by atoms with E-state index in [-0.39, 0.29) is 5.56 Å². The first-order valence-electron chi connectivity index (χ1n) is 6.57. The molecule has 2 aromatic carbocycles. The predicted octanol–water partition coefficient (Wildman–Crippen LogP) is 4.56. The lowest BCUT2D eigenvalue weighted by Gasteiger charge is -2.17. The van der Waals surface area contributed by atoms with E-state index in [4.69, 9.17) is 10.5 Å². The van der Waals surface area contributed by atoms with E-state index < -0.39 is 11.8 Å². The van der Waals surface area contributed by atoms with Crippen molar-refractivity contribution in [2.75, 3.05) is 5.73 Å². The molecule has 0 spiro atoms. The summed E-state index contributed by atoms with van der Waals surface area (Å²) in [6.07, 6.45) is 1.19.